The van der Waals surface area contributed by atoms with Gasteiger partial charge in [-0.3, -0.25) is 4.79 Å². The van der Waals surface area contributed by atoms with E-state index in [1.54, 1.807) is 6.92 Å². The van der Waals surface area contributed by atoms with Gasteiger partial charge in [-0.05, 0) is 38.0 Å². The van der Waals surface area contributed by atoms with Gasteiger partial charge >= 0.3 is 5.97 Å². The fraction of sp³-hybridized carbons (Fsp3) is 0.429. The summed E-state index contributed by atoms with van der Waals surface area (Å²) in [7, 11) is 0. The van der Waals surface area contributed by atoms with E-state index in [1.807, 2.05) is 0 Å². The molecular weight excluding hydrogens is 262 g/mol. The smallest absolute Gasteiger partial charge is 0.335 e. The predicted octanol–water partition coefficient (Wildman–Crippen LogP) is 0.638. The van der Waals surface area contributed by atoms with Gasteiger partial charge in [0.1, 0.15) is 0 Å². The van der Waals surface area contributed by atoms with Crippen LogP contribution in [0.4, 0.5) is 0 Å². The molecule has 6 nitrogen and oxygen atoms in total. The van der Waals surface area contributed by atoms with Crippen LogP contribution in [0.3, 0.4) is 0 Å². The maximum absolute atomic E-state index is 11.9. The van der Waals surface area contributed by atoms with Crippen LogP contribution >= 0.6 is 0 Å². The molecule has 0 fully saturated rings. The van der Waals surface area contributed by atoms with Gasteiger partial charge in [0.05, 0.1) is 11.2 Å². The summed E-state index contributed by atoms with van der Waals surface area (Å²) in [5, 5.41) is 30.1. The lowest BCUT2D eigenvalue weighted by Crippen LogP contribution is -2.40. The van der Waals surface area contributed by atoms with Crippen LogP contribution in [0.1, 0.15) is 40.5 Å². The molecule has 1 aromatic rings. The predicted molar refractivity (Wildman–Crippen MR) is 72.7 cm³/mol. The van der Waals surface area contributed by atoms with Crippen molar-refractivity contribution >= 4 is 11.9 Å². The third-order valence-electron chi connectivity index (χ3n) is 2.87. The molecule has 0 aliphatic heterocycles. The number of benzene rings is 1. The Morgan fingerprint density at radius 2 is 1.95 bits per heavy atom. The van der Waals surface area contributed by atoms with Crippen molar-refractivity contribution in [3.05, 3.63) is 35.4 Å². The average Bonchev–Trinajstić information content (AvgIpc) is 2.43. The van der Waals surface area contributed by atoms with Crippen molar-refractivity contribution in [1.29, 1.82) is 0 Å². The monoisotopic (exact) mass is 281 g/mol. The highest BCUT2D eigenvalue weighted by Gasteiger charge is 2.21. The van der Waals surface area contributed by atoms with Crippen molar-refractivity contribution in [2.45, 2.75) is 25.4 Å². The minimum absolute atomic E-state index is 0.0231. The van der Waals surface area contributed by atoms with Crippen molar-refractivity contribution in [1.82, 2.24) is 5.32 Å². The molecule has 0 radical (unpaired) electrons. The van der Waals surface area contributed by atoms with Crippen LogP contribution in [0.2, 0.25) is 0 Å². The number of carboxylic acids is 1. The Morgan fingerprint density at radius 3 is 2.55 bits per heavy atom. The molecule has 1 rings (SSSR count). The largest absolute Gasteiger partial charge is 0.478 e. The maximum Gasteiger partial charge on any atom is 0.335 e. The standard InChI is InChI=1S/C14H19NO5/c1-14(20,6-3-7-16)9-15-12(17)10-4-2-5-11(8-10)13(18)19/h2,4-5,8,16,20H,3,6-7,9H2,1H3,(H,15,17)(H,18,19)/t14-/m1/s1. The van der Waals surface area contributed by atoms with E-state index in [-0.39, 0.29) is 24.3 Å². The first-order chi connectivity index (χ1) is 9.35. The number of carboxylic acid groups (broad SMARTS) is 1. The lowest BCUT2D eigenvalue weighted by atomic mass is 10.0. The maximum atomic E-state index is 11.9. The van der Waals surface area contributed by atoms with E-state index in [4.69, 9.17) is 10.2 Å². The number of aromatic carboxylic acids is 1. The summed E-state index contributed by atoms with van der Waals surface area (Å²) < 4.78 is 0. The number of carbonyl (C=O) groups excluding carboxylic acids is 1. The minimum atomic E-state index is -1.11. The number of amides is 1. The van der Waals surface area contributed by atoms with Crippen LogP contribution < -0.4 is 5.32 Å². The molecule has 0 aliphatic rings. The Kier molecular flexibility index (Phi) is 5.66. The first kappa shape index (κ1) is 16.1. The summed E-state index contributed by atoms with van der Waals surface area (Å²) in [5.41, 5.74) is -0.851. The van der Waals surface area contributed by atoms with E-state index in [0.717, 1.165) is 0 Å². The molecule has 4 N–H and O–H groups in total. The first-order valence-corrected chi connectivity index (χ1v) is 6.30. The molecular formula is C14H19NO5. The van der Waals surface area contributed by atoms with Gasteiger partial charge in [-0.1, -0.05) is 6.07 Å². The fourth-order valence-electron chi connectivity index (χ4n) is 1.71. The Balaban J connectivity index is 2.63. The number of rotatable bonds is 7. The number of nitrogens with one attached hydrogen (secondary N) is 1. The Morgan fingerprint density at radius 1 is 1.30 bits per heavy atom. The highest BCUT2D eigenvalue weighted by atomic mass is 16.4. The quantitative estimate of drug-likeness (QED) is 0.586. The molecule has 0 heterocycles. The van der Waals surface area contributed by atoms with Crippen LogP contribution in [0, 0.1) is 0 Å². The number of carbonyl (C=O) groups is 2. The molecule has 1 amide bonds. The van der Waals surface area contributed by atoms with Crippen molar-refractivity contribution in [2.24, 2.45) is 0 Å². The Labute approximate surface area is 117 Å². The van der Waals surface area contributed by atoms with Crippen LogP contribution in [-0.4, -0.2) is 45.9 Å². The number of hydrogen-bond acceptors (Lipinski definition) is 4. The second-order valence-electron chi connectivity index (χ2n) is 4.89. The van der Waals surface area contributed by atoms with E-state index >= 15 is 0 Å². The molecule has 110 valence electrons. The minimum Gasteiger partial charge on any atom is -0.478 e. The van der Waals surface area contributed by atoms with Gasteiger partial charge < -0.3 is 20.6 Å². The SMILES string of the molecule is C[C@@](O)(CCCO)CNC(=O)c1cccc(C(=O)O)c1. The summed E-state index contributed by atoms with van der Waals surface area (Å²) in [5.74, 6) is -1.55. The van der Waals surface area contributed by atoms with Gasteiger partial charge in [-0.2, -0.15) is 0 Å². The summed E-state index contributed by atoms with van der Waals surface area (Å²) in [6.07, 6.45) is 0.802. The summed E-state index contributed by atoms with van der Waals surface area (Å²) in [6, 6.07) is 5.67. The molecule has 0 saturated carbocycles. The van der Waals surface area contributed by atoms with Gasteiger partial charge in [0.25, 0.3) is 5.91 Å². The second-order valence-corrected chi connectivity index (χ2v) is 4.89. The first-order valence-electron chi connectivity index (χ1n) is 6.30. The van der Waals surface area contributed by atoms with Crippen LogP contribution in [0.25, 0.3) is 0 Å². The molecule has 6 heteroatoms. The van der Waals surface area contributed by atoms with Gasteiger partial charge in [0.15, 0.2) is 0 Å². The Hall–Kier alpha value is -1.92. The lowest BCUT2D eigenvalue weighted by molar-refractivity contribution is 0.0415. The third kappa shape index (κ3) is 4.99. The molecule has 0 spiro atoms. The van der Waals surface area contributed by atoms with Crippen molar-refractivity contribution in [3.8, 4) is 0 Å². The van der Waals surface area contributed by atoms with Crippen LogP contribution in [0.5, 0.6) is 0 Å². The van der Waals surface area contributed by atoms with E-state index in [9.17, 15) is 14.7 Å². The van der Waals surface area contributed by atoms with E-state index in [2.05, 4.69) is 5.32 Å². The molecule has 0 saturated heterocycles. The molecule has 1 atom stereocenters. The zero-order valence-electron chi connectivity index (χ0n) is 11.3. The van der Waals surface area contributed by atoms with Gasteiger partial charge in [0.2, 0.25) is 0 Å². The second kappa shape index (κ2) is 7.02. The lowest BCUT2D eigenvalue weighted by Gasteiger charge is -2.23. The number of aliphatic hydroxyl groups excluding tert-OH is 1. The van der Waals surface area contributed by atoms with Crippen molar-refractivity contribution in [3.63, 3.8) is 0 Å². The highest BCUT2D eigenvalue weighted by Crippen LogP contribution is 2.11. The normalized spacial score (nSPS) is 13.6. The molecule has 0 aliphatic carbocycles. The zero-order valence-corrected chi connectivity index (χ0v) is 11.3. The highest BCUT2D eigenvalue weighted by molar-refractivity contribution is 5.97. The summed E-state index contributed by atoms with van der Waals surface area (Å²) in [6.45, 7) is 1.57. The fourth-order valence-corrected chi connectivity index (χ4v) is 1.71. The number of aliphatic hydroxyl groups is 2. The summed E-state index contributed by atoms with van der Waals surface area (Å²) >= 11 is 0. The zero-order chi connectivity index (χ0) is 15.2. The average molecular weight is 281 g/mol. The molecule has 20 heavy (non-hydrogen) atoms. The van der Waals surface area contributed by atoms with E-state index < -0.39 is 17.5 Å². The molecule has 0 bridgehead atoms. The summed E-state index contributed by atoms with van der Waals surface area (Å²) in [4.78, 5) is 22.7. The van der Waals surface area contributed by atoms with Gasteiger partial charge in [-0.25, -0.2) is 4.79 Å². The van der Waals surface area contributed by atoms with Gasteiger partial charge in [0, 0.05) is 18.7 Å². The third-order valence-corrected chi connectivity index (χ3v) is 2.87. The van der Waals surface area contributed by atoms with E-state index in [0.29, 0.717) is 12.8 Å². The number of hydrogen-bond donors (Lipinski definition) is 4. The van der Waals surface area contributed by atoms with Crippen LogP contribution in [-0.2, 0) is 0 Å². The molecule has 0 aromatic heterocycles. The topological polar surface area (TPSA) is 107 Å². The van der Waals surface area contributed by atoms with E-state index in [1.165, 1.54) is 24.3 Å². The van der Waals surface area contributed by atoms with Crippen molar-refractivity contribution < 1.29 is 24.9 Å². The van der Waals surface area contributed by atoms with Gasteiger partial charge in [-0.15, -0.1) is 0 Å². The molecule has 0 unspecified atom stereocenters. The van der Waals surface area contributed by atoms with Crippen LogP contribution in [0.15, 0.2) is 24.3 Å². The Bertz CT molecular complexity index is 484. The molecule has 1 aromatic carbocycles. The van der Waals surface area contributed by atoms with Crippen molar-refractivity contribution in [2.75, 3.05) is 13.2 Å².